The highest BCUT2D eigenvalue weighted by Gasteiger charge is 2.33. The van der Waals surface area contributed by atoms with E-state index in [2.05, 4.69) is 36.7 Å². The molecule has 3 nitrogen and oxygen atoms in total. The van der Waals surface area contributed by atoms with Gasteiger partial charge in [0.25, 0.3) is 0 Å². The van der Waals surface area contributed by atoms with Gasteiger partial charge in [-0.3, -0.25) is 4.79 Å². The summed E-state index contributed by atoms with van der Waals surface area (Å²) in [5, 5.41) is 9.04. The Morgan fingerprint density at radius 1 is 1.00 bits per heavy atom. The van der Waals surface area contributed by atoms with E-state index < -0.39 is 0 Å². The second-order valence-corrected chi connectivity index (χ2v) is 8.01. The predicted molar refractivity (Wildman–Crippen MR) is 120 cm³/mol. The van der Waals surface area contributed by atoms with E-state index >= 15 is 0 Å². The van der Waals surface area contributed by atoms with Crippen molar-refractivity contribution in [2.24, 2.45) is 5.92 Å². The number of carbonyl (C=O) groups excluding carboxylic acids is 1. The Morgan fingerprint density at radius 2 is 1.72 bits per heavy atom. The lowest BCUT2D eigenvalue weighted by molar-refractivity contribution is -0.145. The Balaban J connectivity index is 1.86. The number of rotatable bonds is 15. The third-order valence-electron chi connectivity index (χ3n) is 5.37. The quantitative estimate of drug-likeness (QED) is 0.210. The van der Waals surface area contributed by atoms with Gasteiger partial charge in [-0.2, -0.15) is 0 Å². The highest BCUT2D eigenvalue weighted by molar-refractivity contribution is 5.74. The van der Waals surface area contributed by atoms with Gasteiger partial charge >= 0.3 is 5.97 Å². The van der Waals surface area contributed by atoms with Crippen LogP contribution in [0.4, 0.5) is 0 Å². The van der Waals surface area contributed by atoms with Gasteiger partial charge < -0.3 is 9.84 Å². The number of carbonyl (C=O) groups is 1. The molecule has 0 bridgehead atoms. The van der Waals surface area contributed by atoms with Crippen LogP contribution in [0.5, 0.6) is 0 Å². The molecule has 1 aliphatic heterocycles. The van der Waals surface area contributed by atoms with Crippen molar-refractivity contribution in [1.29, 1.82) is 0 Å². The minimum absolute atomic E-state index is 0.0137. The van der Waals surface area contributed by atoms with Crippen molar-refractivity contribution >= 4 is 5.97 Å². The molecule has 1 N–H and O–H groups in total. The number of esters is 1. The fourth-order valence-corrected chi connectivity index (χ4v) is 3.57. The van der Waals surface area contributed by atoms with Crippen molar-refractivity contribution in [3.05, 3.63) is 12.2 Å². The maximum Gasteiger partial charge on any atom is 0.309 e. The molecule has 0 aromatic heterocycles. The van der Waals surface area contributed by atoms with Gasteiger partial charge in [-0.15, -0.1) is 0 Å². The molecular formula is C26H40O3. The summed E-state index contributed by atoms with van der Waals surface area (Å²) >= 11 is 0. The van der Waals surface area contributed by atoms with Gasteiger partial charge in [0, 0.05) is 6.42 Å². The molecular weight excluding hydrogens is 360 g/mol. The van der Waals surface area contributed by atoms with E-state index in [4.69, 9.17) is 9.84 Å². The molecule has 0 amide bonds. The molecule has 0 aromatic carbocycles. The van der Waals surface area contributed by atoms with Gasteiger partial charge in [0.05, 0.1) is 12.5 Å². The van der Waals surface area contributed by atoms with Crippen molar-refractivity contribution < 1.29 is 14.6 Å². The number of hydrogen-bond acceptors (Lipinski definition) is 3. The van der Waals surface area contributed by atoms with Crippen molar-refractivity contribution in [1.82, 2.24) is 0 Å². The smallest absolute Gasteiger partial charge is 0.309 e. The molecule has 0 unspecified atom stereocenters. The number of allylic oxidation sites excluding steroid dienone is 2. The highest BCUT2D eigenvalue weighted by Crippen LogP contribution is 2.26. The average Bonchev–Trinajstić information content (AvgIpc) is 3.09. The molecule has 1 heterocycles. The molecule has 1 fully saturated rings. The van der Waals surface area contributed by atoms with Crippen LogP contribution in [0.15, 0.2) is 12.2 Å². The van der Waals surface area contributed by atoms with Crippen LogP contribution in [-0.2, 0) is 9.53 Å². The van der Waals surface area contributed by atoms with Crippen LogP contribution in [0.2, 0.25) is 0 Å². The number of ether oxygens (including phenoxy) is 1. The topological polar surface area (TPSA) is 46.5 Å². The summed E-state index contributed by atoms with van der Waals surface area (Å²) in [4.78, 5) is 11.6. The Kier molecular flexibility index (Phi) is 16.0. The standard InChI is InChI=1S/C26H40O3/c1-2-3-4-5-6-7-8-9-10-11-12-13-14-15-16-17-18-19-20-21-24-22-25(23-27)29-26(24)28/h6-7,24-25,27H,2-5,12-23H2,1H3/b7-6+/t24-,25-/m0/s1. The largest absolute Gasteiger partial charge is 0.460 e. The van der Waals surface area contributed by atoms with E-state index in [1.165, 1.54) is 57.8 Å². The van der Waals surface area contributed by atoms with Crippen molar-refractivity contribution in [3.8, 4) is 23.7 Å². The van der Waals surface area contributed by atoms with Crippen LogP contribution in [0, 0.1) is 29.6 Å². The van der Waals surface area contributed by atoms with Gasteiger partial charge in [-0.1, -0.05) is 82.6 Å². The number of cyclic esters (lactones) is 1. The fraction of sp³-hybridized carbons (Fsp3) is 0.731. The lowest BCUT2D eigenvalue weighted by Gasteiger charge is -2.05. The fourth-order valence-electron chi connectivity index (χ4n) is 3.57. The second kappa shape index (κ2) is 18.3. The van der Waals surface area contributed by atoms with Crippen molar-refractivity contribution in [2.75, 3.05) is 6.61 Å². The third-order valence-corrected chi connectivity index (χ3v) is 5.37. The molecule has 1 saturated heterocycles. The summed E-state index contributed by atoms with van der Waals surface area (Å²) < 4.78 is 5.11. The van der Waals surface area contributed by atoms with Gasteiger partial charge in [-0.25, -0.2) is 0 Å². The highest BCUT2D eigenvalue weighted by atomic mass is 16.6. The van der Waals surface area contributed by atoms with E-state index in [1.807, 2.05) is 6.08 Å². The lowest BCUT2D eigenvalue weighted by Crippen LogP contribution is -2.10. The Hall–Kier alpha value is -1.71. The van der Waals surface area contributed by atoms with Crippen LogP contribution in [0.3, 0.4) is 0 Å². The minimum atomic E-state index is -0.263. The SMILES string of the molecule is CCCCC/C=C/C#CC#CCCCCCCCCCC[C@H]1C[C@@H](CO)OC1=O. The predicted octanol–water partition coefficient (Wildman–Crippen LogP) is 5.95. The molecule has 1 aliphatic rings. The molecule has 162 valence electrons. The van der Waals surface area contributed by atoms with Gasteiger partial charge in [0.15, 0.2) is 0 Å². The van der Waals surface area contributed by atoms with Gasteiger partial charge in [-0.05, 0) is 50.0 Å². The van der Waals surface area contributed by atoms with E-state index in [0.717, 1.165) is 32.1 Å². The molecule has 2 atom stereocenters. The first kappa shape index (κ1) is 25.3. The van der Waals surface area contributed by atoms with Crippen LogP contribution in [0.1, 0.15) is 103 Å². The molecule has 3 heteroatoms. The molecule has 29 heavy (non-hydrogen) atoms. The normalized spacial score (nSPS) is 18.2. The Morgan fingerprint density at radius 3 is 2.41 bits per heavy atom. The summed E-state index contributed by atoms with van der Waals surface area (Å²) in [6.07, 6.45) is 21.0. The summed E-state index contributed by atoms with van der Waals surface area (Å²) in [6.45, 7) is 2.17. The zero-order chi connectivity index (χ0) is 21.0. The van der Waals surface area contributed by atoms with E-state index in [0.29, 0.717) is 6.42 Å². The van der Waals surface area contributed by atoms with E-state index in [-0.39, 0.29) is 24.6 Å². The summed E-state index contributed by atoms with van der Waals surface area (Å²) in [7, 11) is 0. The van der Waals surface area contributed by atoms with E-state index in [1.54, 1.807) is 0 Å². The Bertz CT molecular complexity index is 570. The average molecular weight is 401 g/mol. The number of aliphatic hydroxyl groups excluding tert-OH is 1. The number of hydrogen-bond donors (Lipinski definition) is 1. The van der Waals surface area contributed by atoms with Crippen LogP contribution in [-0.4, -0.2) is 23.8 Å². The number of unbranched alkanes of at least 4 members (excludes halogenated alkanes) is 11. The first-order chi connectivity index (χ1) is 14.3. The van der Waals surface area contributed by atoms with Crippen LogP contribution in [0.25, 0.3) is 0 Å². The van der Waals surface area contributed by atoms with Crippen LogP contribution < -0.4 is 0 Å². The zero-order valence-electron chi connectivity index (χ0n) is 18.4. The first-order valence-corrected chi connectivity index (χ1v) is 11.7. The molecule has 0 saturated carbocycles. The van der Waals surface area contributed by atoms with E-state index in [9.17, 15) is 4.79 Å². The summed E-state index contributed by atoms with van der Waals surface area (Å²) in [5.74, 6) is 11.9. The van der Waals surface area contributed by atoms with Crippen molar-refractivity contribution in [2.45, 2.75) is 109 Å². The summed E-state index contributed by atoms with van der Waals surface area (Å²) in [6, 6.07) is 0. The van der Waals surface area contributed by atoms with Gasteiger partial charge in [0.2, 0.25) is 0 Å². The van der Waals surface area contributed by atoms with Crippen molar-refractivity contribution in [3.63, 3.8) is 0 Å². The number of aliphatic hydroxyl groups is 1. The lowest BCUT2D eigenvalue weighted by atomic mass is 9.97. The minimum Gasteiger partial charge on any atom is -0.460 e. The Labute approximate surface area is 178 Å². The molecule has 0 spiro atoms. The third kappa shape index (κ3) is 14.0. The maximum atomic E-state index is 11.6. The molecule has 1 rings (SSSR count). The first-order valence-electron chi connectivity index (χ1n) is 11.7. The zero-order valence-corrected chi connectivity index (χ0v) is 18.4. The second-order valence-electron chi connectivity index (χ2n) is 8.01. The molecule has 0 aliphatic carbocycles. The molecule has 0 radical (unpaired) electrons. The molecule has 0 aromatic rings. The van der Waals surface area contributed by atoms with Gasteiger partial charge in [0.1, 0.15) is 6.10 Å². The summed E-state index contributed by atoms with van der Waals surface area (Å²) in [5.41, 5.74) is 0. The monoisotopic (exact) mass is 400 g/mol. The maximum absolute atomic E-state index is 11.6. The van der Waals surface area contributed by atoms with Crippen LogP contribution >= 0.6 is 0 Å².